The fourth-order valence-electron chi connectivity index (χ4n) is 1.32. The number of likely N-dealkylation sites (N-methyl/N-ethyl adjacent to an activating group) is 1. The Bertz CT molecular complexity index is 479. The second-order valence-electron chi connectivity index (χ2n) is 4.39. The van der Waals surface area contributed by atoms with Crippen molar-refractivity contribution in [3.63, 3.8) is 0 Å². The Hall–Kier alpha value is -0.690. The van der Waals surface area contributed by atoms with Gasteiger partial charge in [-0.05, 0) is 26.0 Å². The van der Waals surface area contributed by atoms with Crippen molar-refractivity contribution >= 4 is 21.6 Å². The van der Waals surface area contributed by atoms with Gasteiger partial charge in [-0.1, -0.05) is 11.6 Å². The van der Waals surface area contributed by atoms with Crippen LogP contribution in [0.5, 0.6) is 0 Å². The number of halogens is 1. The summed E-state index contributed by atoms with van der Waals surface area (Å²) in [4.78, 5) is 3.77. The molecule has 1 heterocycles. The predicted octanol–water partition coefficient (Wildman–Crippen LogP) is 1.13. The summed E-state index contributed by atoms with van der Waals surface area (Å²) < 4.78 is 25.2. The van der Waals surface area contributed by atoms with E-state index in [0.29, 0.717) is 0 Å². The van der Waals surface area contributed by atoms with E-state index in [1.165, 1.54) is 25.4 Å². The molecule has 0 saturated heterocycles. The molecule has 0 aromatic carbocycles. The Morgan fingerprint density at radius 1 is 1.47 bits per heavy atom. The van der Waals surface area contributed by atoms with Crippen molar-refractivity contribution in [2.24, 2.45) is 0 Å². The maximum Gasteiger partial charge on any atom is 0.244 e. The minimum Gasteiger partial charge on any atom is -0.389 e. The summed E-state index contributed by atoms with van der Waals surface area (Å²) >= 11 is 5.59. The molecular formula is C10H15ClN2O3S. The third kappa shape index (κ3) is 3.92. The van der Waals surface area contributed by atoms with Gasteiger partial charge in [-0.15, -0.1) is 0 Å². The first-order valence-electron chi connectivity index (χ1n) is 4.93. The second-order valence-corrected chi connectivity index (χ2v) is 6.82. The molecule has 1 N–H and O–H groups in total. The van der Waals surface area contributed by atoms with Crippen LogP contribution in [0, 0.1) is 0 Å². The van der Waals surface area contributed by atoms with Gasteiger partial charge in [0, 0.05) is 19.8 Å². The number of hydrogen-bond donors (Lipinski definition) is 1. The van der Waals surface area contributed by atoms with Gasteiger partial charge in [-0.3, -0.25) is 0 Å². The number of aliphatic hydroxyl groups is 1. The molecule has 96 valence electrons. The lowest BCUT2D eigenvalue weighted by Gasteiger charge is -2.24. The lowest BCUT2D eigenvalue weighted by Crippen LogP contribution is -2.39. The zero-order chi connectivity index (χ0) is 13.3. The smallest absolute Gasteiger partial charge is 0.244 e. The number of hydrogen-bond acceptors (Lipinski definition) is 4. The third-order valence-corrected chi connectivity index (χ3v) is 4.03. The van der Waals surface area contributed by atoms with Crippen LogP contribution in [-0.4, -0.2) is 42.0 Å². The number of nitrogens with zero attached hydrogens (tertiary/aromatic N) is 2. The van der Waals surface area contributed by atoms with Crippen LogP contribution >= 0.6 is 11.6 Å². The van der Waals surface area contributed by atoms with Gasteiger partial charge in [-0.2, -0.15) is 4.31 Å². The van der Waals surface area contributed by atoms with Gasteiger partial charge in [0.15, 0.2) is 0 Å². The van der Waals surface area contributed by atoms with Crippen LogP contribution in [0.15, 0.2) is 23.2 Å². The van der Waals surface area contributed by atoms with Crippen molar-refractivity contribution in [2.45, 2.75) is 24.3 Å². The van der Waals surface area contributed by atoms with Crippen LogP contribution in [0.3, 0.4) is 0 Å². The molecule has 0 unspecified atom stereocenters. The van der Waals surface area contributed by atoms with Crippen molar-refractivity contribution in [3.8, 4) is 0 Å². The highest BCUT2D eigenvalue weighted by Gasteiger charge is 2.26. The second kappa shape index (κ2) is 4.89. The summed E-state index contributed by atoms with van der Waals surface area (Å²) in [5.74, 6) is 0. The van der Waals surface area contributed by atoms with Crippen molar-refractivity contribution in [2.75, 3.05) is 13.6 Å². The fraction of sp³-hybridized carbons (Fsp3) is 0.500. The standard InChI is InChI=1S/C10H15ClN2O3S/c1-10(2,14)7-13(3)17(15,16)8-4-5-9(11)12-6-8/h4-6,14H,7H2,1-3H3. The van der Waals surface area contributed by atoms with Gasteiger partial charge >= 0.3 is 0 Å². The summed E-state index contributed by atoms with van der Waals surface area (Å²) in [5, 5.41) is 9.83. The lowest BCUT2D eigenvalue weighted by molar-refractivity contribution is 0.0640. The van der Waals surface area contributed by atoms with E-state index < -0.39 is 15.6 Å². The summed E-state index contributed by atoms with van der Waals surface area (Å²) in [6.07, 6.45) is 1.19. The zero-order valence-corrected chi connectivity index (χ0v) is 11.5. The highest BCUT2D eigenvalue weighted by molar-refractivity contribution is 7.89. The average molecular weight is 279 g/mol. The summed E-state index contributed by atoms with van der Waals surface area (Å²) in [5.41, 5.74) is -1.10. The Balaban J connectivity index is 2.99. The molecule has 1 rings (SSSR count). The summed E-state index contributed by atoms with van der Waals surface area (Å²) in [7, 11) is -2.23. The third-order valence-electron chi connectivity index (χ3n) is 2.02. The topological polar surface area (TPSA) is 70.5 Å². The number of pyridine rings is 1. The highest BCUT2D eigenvalue weighted by Crippen LogP contribution is 2.17. The molecule has 0 spiro atoms. The maximum atomic E-state index is 12.1. The van der Waals surface area contributed by atoms with Crippen LogP contribution in [0.2, 0.25) is 5.15 Å². The maximum absolute atomic E-state index is 12.1. The summed E-state index contributed by atoms with van der Waals surface area (Å²) in [6, 6.07) is 2.79. The molecule has 7 heteroatoms. The SMILES string of the molecule is CN(CC(C)(C)O)S(=O)(=O)c1ccc(Cl)nc1. The number of aromatic nitrogens is 1. The molecule has 0 amide bonds. The van der Waals surface area contributed by atoms with Gasteiger partial charge in [0.2, 0.25) is 10.0 Å². The molecule has 0 atom stereocenters. The van der Waals surface area contributed by atoms with Gasteiger partial charge < -0.3 is 5.11 Å². The minimum absolute atomic E-state index is 0.00202. The molecule has 0 bridgehead atoms. The van der Waals surface area contributed by atoms with Crippen molar-refractivity contribution < 1.29 is 13.5 Å². The molecule has 0 aliphatic rings. The van der Waals surface area contributed by atoms with E-state index in [9.17, 15) is 13.5 Å². The predicted molar refractivity (Wildman–Crippen MR) is 65.4 cm³/mol. The molecule has 0 radical (unpaired) electrons. The molecule has 17 heavy (non-hydrogen) atoms. The average Bonchev–Trinajstić information content (AvgIpc) is 2.15. The largest absolute Gasteiger partial charge is 0.389 e. The minimum atomic E-state index is -3.64. The zero-order valence-electron chi connectivity index (χ0n) is 9.88. The molecule has 0 aliphatic heterocycles. The van der Waals surface area contributed by atoms with E-state index in [1.807, 2.05) is 0 Å². The monoisotopic (exact) mass is 278 g/mol. The molecule has 0 aliphatic carbocycles. The van der Waals surface area contributed by atoms with Crippen molar-refractivity contribution in [1.82, 2.24) is 9.29 Å². The van der Waals surface area contributed by atoms with Crippen LogP contribution < -0.4 is 0 Å². The Morgan fingerprint density at radius 3 is 2.47 bits per heavy atom. The first kappa shape index (κ1) is 14.4. The Morgan fingerprint density at radius 2 is 2.06 bits per heavy atom. The van der Waals surface area contributed by atoms with Gasteiger partial charge in [0.1, 0.15) is 10.0 Å². The van der Waals surface area contributed by atoms with E-state index in [-0.39, 0.29) is 16.6 Å². The molecule has 0 saturated carbocycles. The molecule has 1 aromatic heterocycles. The lowest BCUT2D eigenvalue weighted by atomic mass is 10.1. The van der Waals surface area contributed by atoms with E-state index >= 15 is 0 Å². The van der Waals surface area contributed by atoms with Gasteiger partial charge in [0.25, 0.3) is 0 Å². The van der Waals surface area contributed by atoms with Gasteiger partial charge in [-0.25, -0.2) is 13.4 Å². The molecule has 5 nitrogen and oxygen atoms in total. The fourth-order valence-corrected chi connectivity index (χ4v) is 2.71. The first-order chi connectivity index (χ1) is 7.63. The van der Waals surface area contributed by atoms with Crippen LogP contribution in [0.25, 0.3) is 0 Å². The van der Waals surface area contributed by atoms with Gasteiger partial charge in [0.05, 0.1) is 5.60 Å². The van der Waals surface area contributed by atoms with E-state index in [2.05, 4.69) is 4.98 Å². The Labute approximate surface area is 106 Å². The highest BCUT2D eigenvalue weighted by atomic mass is 35.5. The quantitative estimate of drug-likeness (QED) is 0.838. The van der Waals surface area contributed by atoms with E-state index in [0.717, 1.165) is 4.31 Å². The number of sulfonamides is 1. The first-order valence-corrected chi connectivity index (χ1v) is 6.75. The van der Waals surface area contributed by atoms with Crippen LogP contribution in [0.4, 0.5) is 0 Å². The Kier molecular flexibility index (Phi) is 4.14. The number of rotatable bonds is 4. The van der Waals surface area contributed by atoms with E-state index in [4.69, 9.17) is 11.6 Å². The molecule has 0 fully saturated rings. The normalized spacial score (nSPS) is 13.1. The molecule has 1 aromatic rings. The molecular weight excluding hydrogens is 264 g/mol. The van der Waals surface area contributed by atoms with Crippen LogP contribution in [0.1, 0.15) is 13.8 Å². The van der Waals surface area contributed by atoms with Crippen LogP contribution in [-0.2, 0) is 10.0 Å². The van der Waals surface area contributed by atoms with Crippen molar-refractivity contribution in [1.29, 1.82) is 0 Å². The van der Waals surface area contributed by atoms with E-state index in [1.54, 1.807) is 13.8 Å². The summed E-state index contributed by atoms with van der Waals surface area (Å²) in [6.45, 7) is 3.08. The van der Waals surface area contributed by atoms with Crippen molar-refractivity contribution in [3.05, 3.63) is 23.5 Å².